The summed E-state index contributed by atoms with van der Waals surface area (Å²) in [5.41, 5.74) is 0.915. The van der Waals surface area contributed by atoms with E-state index in [4.69, 9.17) is 9.47 Å². The van der Waals surface area contributed by atoms with Gasteiger partial charge in [-0.25, -0.2) is 4.79 Å². The van der Waals surface area contributed by atoms with Crippen LogP contribution in [-0.4, -0.2) is 19.8 Å². The third-order valence-electron chi connectivity index (χ3n) is 4.07. The summed E-state index contributed by atoms with van der Waals surface area (Å²) < 4.78 is 10.6. The predicted molar refractivity (Wildman–Crippen MR) is 88.8 cm³/mol. The van der Waals surface area contributed by atoms with Crippen molar-refractivity contribution >= 4 is 29.3 Å². The average Bonchev–Trinajstić information content (AvgIpc) is 2.49. The molecule has 1 saturated heterocycles. The fourth-order valence-corrected chi connectivity index (χ4v) is 2.91. The maximum Gasteiger partial charge on any atom is 0.407 e. The molecule has 1 heterocycles. The molecule has 0 saturated carbocycles. The molecular formula is C17H20ClNO3. The van der Waals surface area contributed by atoms with Gasteiger partial charge in [0.05, 0.1) is 13.2 Å². The van der Waals surface area contributed by atoms with Gasteiger partial charge in [-0.15, -0.1) is 12.4 Å². The van der Waals surface area contributed by atoms with E-state index >= 15 is 0 Å². The van der Waals surface area contributed by atoms with Crippen LogP contribution < -0.4 is 10.1 Å². The SMILES string of the molecule is COc1ccc([C@@H]2NC(=O)OCC2(C)C)c2ccccc12.Cl. The Morgan fingerprint density at radius 3 is 2.55 bits per heavy atom. The molecule has 0 radical (unpaired) electrons. The summed E-state index contributed by atoms with van der Waals surface area (Å²) in [4.78, 5) is 11.6. The quantitative estimate of drug-likeness (QED) is 0.906. The molecule has 1 aliphatic rings. The minimum Gasteiger partial charge on any atom is -0.496 e. The molecule has 0 unspecified atom stereocenters. The Balaban J connectivity index is 0.00000176. The summed E-state index contributed by atoms with van der Waals surface area (Å²) in [6, 6.07) is 12.0. The summed E-state index contributed by atoms with van der Waals surface area (Å²) in [6.45, 7) is 4.59. The Labute approximate surface area is 136 Å². The number of nitrogens with one attached hydrogen (secondary N) is 1. The highest BCUT2D eigenvalue weighted by Gasteiger charge is 2.38. The van der Waals surface area contributed by atoms with Crippen molar-refractivity contribution in [2.45, 2.75) is 19.9 Å². The Morgan fingerprint density at radius 1 is 1.18 bits per heavy atom. The van der Waals surface area contributed by atoms with Crippen molar-refractivity contribution in [1.29, 1.82) is 0 Å². The maximum absolute atomic E-state index is 11.6. The second-order valence-corrected chi connectivity index (χ2v) is 6.04. The molecule has 0 aromatic heterocycles. The molecule has 0 bridgehead atoms. The lowest BCUT2D eigenvalue weighted by Crippen LogP contribution is -2.47. The van der Waals surface area contributed by atoms with Crippen molar-refractivity contribution in [1.82, 2.24) is 5.32 Å². The summed E-state index contributed by atoms with van der Waals surface area (Å²) >= 11 is 0. The second-order valence-electron chi connectivity index (χ2n) is 6.04. The molecule has 1 atom stereocenters. The van der Waals surface area contributed by atoms with Crippen molar-refractivity contribution in [3.63, 3.8) is 0 Å². The third-order valence-corrected chi connectivity index (χ3v) is 4.07. The van der Waals surface area contributed by atoms with Crippen LogP contribution in [-0.2, 0) is 4.74 Å². The average molecular weight is 322 g/mol. The Kier molecular flexibility index (Phi) is 4.52. The Bertz CT molecular complexity index is 699. The molecule has 5 heteroatoms. The van der Waals surface area contributed by atoms with E-state index in [1.165, 1.54) is 0 Å². The van der Waals surface area contributed by atoms with Crippen molar-refractivity contribution < 1.29 is 14.3 Å². The molecule has 1 fully saturated rings. The first-order valence-corrected chi connectivity index (χ1v) is 7.02. The van der Waals surface area contributed by atoms with E-state index in [9.17, 15) is 4.79 Å². The van der Waals surface area contributed by atoms with E-state index in [1.807, 2.05) is 30.3 Å². The van der Waals surface area contributed by atoms with E-state index in [0.29, 0.717) is 6.61 Å². The largest absolute Gasteiger partial charge is 0.496 e. The highest BCUT2D eigenvalue weighted by atomic mass is 35.5. The van der Waals surface area contributed by atoms with Crippen LogP contribution >= 0.6 is 12.4 Å². The summed E-state index contributed by atoms with van der Waals surface area (Å²) in [5.74, 6) is 0.838. The number of rotatable bonds is 2. The predicted octanol–water partition coefficient (Wildman–Crippen LogP) is 4.08. The van der Waals surface area contributed by atoms with Crippen LogP contribution in [0.2, 0.25) is 0 Å². The van der Waals surface area contributed by atoms with E-state index in [0.717, 1.165) is 22.1 Å². The van der Waals surface area contributed by atoms with Gasteiger partial charge < -0.3 is 14.8 Å². The monoisotopic (exact) mass is 321 g/mol. The molecule has 22 heavy (non-hydrogen) atoms. The first kappa shape index (κ1) is 16.4. The van der Waals surface area contributed by atoms with Gasteiger partial charge in [-0.2, -0.15) is 0 Å². The molecule has 2 aromatic rings. The maximum atomic E-state index is 11.6. The zero-order valence-electron chi connectivity index (χ0n) is 12.9. The second kappa shape index (κ2) is 6.05. The molecule has 4 nitrogen and oxygen atoms in total. The van der Waals surface area contributed by atoms with Gasteiger partial charge in [-0.1, -0.05) is 44.2 Å². The number of hydrogen-bond donors (Lipinski definition) is 1. The number of cyclic esters (lactones) is 1. The highest BCUT2D eigenvalue weighted by Crippen LogP contribution is 2.41. The standard InChI is InChI=1S/C17H19NO3.ClH/c1-17(2)10-21-16(19)18-15(17)13-8-9-14(20-3)12-7-5-4-6-11(12)13;/h4-9,15H,10H2,1-3H3,(H,18,19);1H/t15-;/m0./s1. The van der Waals surface area contributed by atoms with Gasteiger partial charge in [0.25, 0.3) is 0 Å². The van der Waals surface area contributed by atoms with Gasteiger partial charge in [0.1, 0.15) is 12.4 Å². The van der Waals surface area contributed by atoms with E-state index in [2.05, 4.69) is 25.2 Å². The highest BCUT2D eigenvalue weighted by molar-refractivity contribution is 5.92. The molecule has 118 valence electrons. The van der Waals surface area contributed by atoms with Crippen molar-refractivity contribution in [2.24, 2.45) is 5.41 Å². The lowest BCUT2D eigenvalue weighted by atomic mass is 9.79. The zero-order valence-corrected chi connectivity index (χ0v) is 13.7. The van der Waals surface area contributed by atoms with Gasteiger partial charge in [0, 0.05) is 10.8 Å². The molecule has 3 rings (SSSR count). The minimum atomic E-state index is -0.362. The topological polar surface area (TPSA) is 47.6 Å². The first-order chi connectivity index (χ1) is 10.0. The number of ether oxygens (including phenoxy) is 2. The van der Waals surface area contributed by atoms with Crippen molar-refractivity contribution in [3.05, 3.63) is 42.0 Å². The van der Waals surface area contributed by atoms with Gasteiger partial charge >= 0.3 is 6.09 Å². The lowest BCUT2D eigenvalue weighted by molar-refractivity contribution is 0.0391. The van der Waals surface area contributed by atoms with Crippen LogP contribution in [0.4, 0.5) is 4.79 Å². The summed E-state index contributed by atoms with van der Waals surface area (Å²) in [7, 11) is 1.67. The number of halogens is 1. The Morgan fingerprint density at radius 2 is 1.86 bits per heavy atom. The van der Waals surface area contributed by atoms with Crippen LogP contribution in [0.25, 0.3) is 10.8 Å². The van der Waals surface area contributed by atoms with Crippen LogP contribution in [0.15, 0.2) is 36.4 Å². The van der Waals surface area contributed by atoms with Gasteiger partial charge in [-0.05, 0) is 17.0 Å². The minimum absolute atomic E-state index is 0. The van der Waals surface area contributed by atoms with E-state index in [1.54, 1.807) is 7.11 Å². The van der Waals surface area contributed by atoms with Crippen molar-refractivity contribution in [3.8, 4) is 5.75 Å². The van der Waals surface area contributed by atoms with Crippen LogP contribution in [0.5, 0.6) is 5.75 Å². The number of carbonyl (C=O) groups is 1. The van der Waals surface area contributed by atoms with E-state index < -0.39 is 0 Å². The first-order valence-electron chi connectivity index (χ1n) is 7.02. The Hall–Kier alpha value is -1.94. The molecule has 0 aliphatic carbocycles. The van der Waals surface area contributed by atoms with Crippen molar-refractivity contribution in [2.75, 3.05) is 13.7 Å². The van der Waals surface area contributed by atoms with Gasteiger partial charge in [-0.3, -0.25) is 0 Å². The summed E-state index contributed by atoms with van der Waals surface area (Å²) in [6.07, 6.45) is -0.362. The fourth-order valence-electron chi connectivity index (χ4n) is 2.91. The van der Waals surface area contributed by atoms with Gasteiger partial charge in [0.2, 0.25) is 0 Å². The number of fused-ring (bicyclic) bond motifs is 1. The zero-order chi connectivity index (χ0) is 15.0. The smallest absolute Gasteiger partial charge is 0.407 e. The number of benzene rings is 2. The molecule has 0 spiro atoms. The van der Waals surface area contributed by atoms with E-state index in [-0.39, 0.29) is 30.0 Å². The number of alkyl carbamates (subject to hydrolysis) is 1. The number of amides is 1. The van der Waals surface area contributed by atoms with Gasteiger partial charge in [0.15, 0.2) is 0 Å². The number of carbonyl (C=O) groups excluding carboxylic acids is 1. The number of methoxy groups -OCH3 is 1. The molecule has 1 N–H and O–H groups in total. The van der Waals surface area contributed by atoms with Crippen LogP contribution in [0.1, 0.15) is 25.5 Å². The van der Waals surface area contributed by atoms with Crippen LogP contribution in [0.3, 0.4) is 0 Å². The van der Waals surface area contributed by atoms with Crippen LogP contribution in [0, 0.1) is 5.41 Å². The molecular weight excluding hydrogens is 302 g/mol. The molecule has 1 amide bonds. The molecule has 1 aliphatic heterocycles. The lowest BCUT2D eigenvalue weighted by Gasteiger charge is -2.39. The fraction of sp³-hybridized carbons (Fsp3) is 0.353. The third kappa shape index (κ3) is 2.71. The number of hydrogen-bond acceptors (Lipinski definition) is 3. The normalized spacial score (nSPS) is 19.8. The molecule has 2 aromatic carbocycles. The summed E-state index contributed by atoms with van der Waals surface area (Å²) in [5, 5.41) is 5.10.